The van der Waals surface area contributed by atoms with Gasteiger partial charge in [0.1, 0.15) is 18.2 Å². The van der Waals surface area contributed by atoms with Crippen LogP contribution in [0.3, 0.4) is 0 Å². The summed E-state index contributed by atoms with van der Waals surface area (Å²) >= 11 is 1.51. The lowest BCUT2D eigenvalue weighted by molar-refractivity contribution is -0.143. The van der Waals surface area contributed by atoms with Crippen molar-refractivity contribution in [3.8, 4) is 0 Å². The van der Waals surface area contributed by atoms with E-state index in [0.29, 0.717) is 5.56 Å². The van der Waals surface area contributed by atoms with Crippen molar-refractivity contribution in [2.24, 2.45) is 0 Å². The molecule has 3 aromatic rings. The molecule has 0 atom stereocenters. The van der Waals surface area contributed by atoms with E-state index in [-0.39, 0.29) is 19.1 Å². The third-order valence-electron chi connectivity index (χ3n) is 3.61. The molecule has 0 radical (unpaired) electrons. The van der Waals surface area contributed by atoms with E-state index in [1.165, 1.54) is 11.8 Å². The predicted molar refractivity (Wildman–Crippen MR) is 103 cm³/mol. The number of benzene rings is 2. The second-order valence-corrected chi connectivity index (χ2v) is 6.72. The highest BCUT2D eigenvalue weighted by molar-refractivity contribution is 7.99. The molecule has 0 aliphatic carbocycles. The van der Waals surface area contributed by atoms with Gasteiger partial charge in [0.2, 0.25) is 0 Å². The molecule has 0 fully saturated rings. The minimum atomic E-state index is -0.477. The van der Waals surface area contributed by atoms with E-state index in [2.05, 4.69) is 10.3 Å². The van der Waals surface area contributed by atoms with Crippen LogP contribution in [-0.4, -0.2) is 23.4 Å². The predicted octanol–water partition coefficient (Wildman–Crippen LogP) is 3.71. The maximum atomic E-state index is 12.2. The van der Waals surface area contributed by atoms with Gasteiger partial charge < -0.3 is 10.1 Å². The number of nitrogens with one attached hydrogen (secondary N) is 1. The third-order valence-corrected chi connectivity index (χ3v) is 4.57. The Morgan fingerprint density at radius 1 is 0.926 bits per heavy atom. The van der Waals surface area contributed by atoms with Crippen LogP contribution in [0.4, 0.5) is 0 Å². The van der Waals surface area contributed by atoms with Crippen LogP contribution in [0.2, 0.25) is 0 Å². The van der Waals surface area contributed by atoms with Gasteiger partial charge in [-0.3, -0.25) is 9.59 Å². The van der Waals surface area contributed by atoms with Gasteiger partial charge in [-0.1, -0.05) is 48.2 Å². The number of hydrogen-bond acceptors (Lipinski definition) is 5. The minimum Gasteiger partial charge on any atom is -0.460 e. The van der Waals surface area contributed by atoms with Crippen LogP contribution in [0, 0.1) is 0 Å². The Hall–Kier alpha value is -3.12. The molecule has 0 saturated heterocycles. The molecular weight excluding hydrogens is 360 g/mol. The van der Waals surface area contributed by atoms with Gasteiger partial charge in [-0.2, -0.15) is 0 Å². The Morgan fingerprint density at radius 3 is 2.37 bits per heavy atom. The number of rotatable bonds is 7. The zero-order valence-electron chi connectivity index (χ0n) is 14.5. The summed E-state index contributed by atoms with van der Waals surface area (Å²) in [6, 6.07) is 22.2. The van der Waals surface area contributed by atoms with E-state index in [9.17, 15) is 9.59 Å². The van der Waals surface area contributed by atoms with Crippen LogP contribution in [-0.2, 0) is 16.1 Å². The van der Waals surface area contributed by atoms with Crippen molar-refractivity contribution in [3.63, 3.8) is 0 Å². The number of pyridine rings is 1. The van der Waals surface area contributed by atoms with Crippen LogP contribution in [0.25, 0.3) is 0 Å². The Bertz CT molecular complexity index is 884. The summed E-state index contributed by atoms with van der Waals surface area (Å²) in [5, 5.41) is 3.46. The molecule has 136 valence electrons. The maximum absolute atomic E-state index is 12.2. The van der Waals surface area contributed by atoms with Crippen LogP contribution >= 0.6 is 11.8 Å². The zero-order valence-corrected chi connectivity index (χ0v) is 15.3. The normalized spacial score (nSPS) is 10.2. The van der Waals surface area contributed by atoms with Gasteiger partial charge in [0.25, 0.3) is 5.91 Å². The van der Waals surface area contributed by atoms with E-state index >= 15 is 0 Å². The molecule has 0 spiro atoms. The van der Waals surface area contributed by atoms with Crippen LogP contribution < -0.4 is 5.32 Å². The molecule has 6 heteroatoms. The van der Waals surface area contributed by atoms with Crippen LogP contribution in [0.15, 0.2) is 88.9 Å². The highest BCUT2D eigenvalue weighted by Gasteiger charge is 2.09. The number of esters is 1. The van der Waals surface area contributed by atoms with Crippen molar-refractivity contribution in [1.82, 2.24) is 10.3 Å². The number of ether oxygens (including phenoxy) is 1. The highest BCUT2D eigenvalue weighted by atomic mass is 32.2. The first-order chi connectivity index (χ1) is 13.2. The lowest BCUT2D eigenvalue weighted by Gasteiger charge is -2.07. The fourth-order valence-corrected chi connectivity index (χ4v) is 3.02. The quantitative estimate of drug-likeness (QED) is 0.635. The van der Waals surface area contributed by atoms with E-state index in [4.69, 9.17) is 4.74 Å². The second kappa shape index (κ2) is 9.54. The first-order valence-corrected chi connectivity index (χ1v) is 9.19. The number of carbonyl (C=O) groups excluding carboxylic acids is 2. The fraction of sp³-hybridized carbons (Fsp3) is 0.0952. The van der Waals surface area contributed by atoms with E-state index in [1.54, 1.807) is 18.3 Å². The number of nitrogens with zero attached hydrogens (tertiary/aromatic N) is 1. The van der Waals surface area contributed by atoms with Gasteiger partial charge in [0, 0.05) is 16.7 Å². The molecule has 1 N–H and O–H groups in total. The van der Waals surface area contributed by atoms with Crippen molar-refractivity contribution < 1.29 is 14.3 Å². The number of carbonyl (C=O) groups is 2. The molecule has 1 aromatic heterocycles. The van der Waals surface area contributed by atoms with Crippen LogP contribution in [0.1, 0.15) is 15.9 Å². The van der Waals surface area contributed by atoms with Gasteiger partial charge in [0.05, 0.1) is 0 Å². The molecule has 0 unspecified atom stereocenters. The van der Waals surface area contributed by atoms with Crippen molar-refractivity contribution in [2.75, 3.05) is 6.54 Å². The molecular formula is C21H18N2O3S. The third kappa shape index (κ3) is 5.97. The summed E-state index contributed by atoms with van der Waals surface area (Å²) in [5.41, 5.74) is 1.38. The van der Waals surface area contributed by atoms with E-state index < -0.39 is 5.97 Å². The average molecular weight is 378 g/mol. The molecule has 0 aliphatic heterocycles. The van der Waals surface area contributed by atoms with E-state index in [0.717, 1.165) is 15.5 Å². The summed E-state index contributed by atoms with van der Waals surface area (Å²) < 4.78 is 5.14. The molecule has 5 nitrogen and oxygen atoms in total. The number of amides is 1. The molecule has 1 amide bonds. The Labute approximate surface area is 161 Å². The van der Waals surface area contributed by atoms with Crippen molar-refractivity contribution >= 4 is 23.6 Å². The summed E-state index contributed by atoms with van der Waals surface area (Å²) in [6.45, 7) is 0.0189. The molecule has 2 aromatic carbocycles. The molecule has 3 rings (SSSR count). The summed E-state index contributed by atoms with van der Waals surface area (Å²) in [5.74, 6) is -0.796. The lowest BCUT2D eigenvalue weighted by atomic mass is 10.2. The lowest BCUT2D eigenvalue weighted by Crippen LogP contribution is -2.30. The smallest absolute Gasteiger partial charge is 0.325 e. The highest BCUT2D eigenvalue weighted by Crippen LogP contribution is 2.25. The summed E-state index contributed by atoms with van der Waals surface area (Å²) in [6.07, 6.45) is 1.74. The van der Waals surface area contributed by atoms with Crippen molar-refractivity contribution in [2.45, 2.75) is 16.5 Å². The summed E-state index contributed by atoms with van der Waals surface area (Å²) in [4.78, 5) is 29.1. The van der Waals surface area contributed by atoms with Gasteiger partial charge in [-0.05, 0) is 42.0 Å². The molecule has 27 heavy (non-hydrogen) atoms. The Kier molecular flexibility index (Phi) is 6.60. The second-order valence-electron chi connectivity index (χ2n) is 5.62. The average Bonchev–Trinajstić information content (AvgIpc) is 2.72. The van der Waals surface area contributed by atoms with Gasteiger partial charge >= 0.3 is 5.97 Å². The van der Waals surface area contributed by atoms with E-state index in [1.807, 2.05) is 60.7 Å². The monoisotopic (exact) mass is 378 g/mol. The topological polar surface area (TPSA) is 68.3 Å². The number of hydrogen-bond donors (Lipinski definition) is 1. The van der Waals surface area contributed by atoms with Crippen molar-refractivity contribution in [3.05, 3.63) is 90.1 Å². The largest absolute Gasteiger partial charge is 0.460 e. The fourth-order valence-electron chi connectivity index (χ4n) is 2.25. The molecule has 0 saturated carbocycles. The van der Waals surface area contributed by atoms with Gasteiger partial charge in [0.15, 0.2) is 0 Å². The molecule has 0 bridgehead atoms. The Balaban J connectivity index is 1.45. The Morgan fingerprint density at radius 2 is 1.67 bits per heavy atom. The number of aromatic nitrogens is 1. The maximum Gasteiger partial charge on any atom is 0.325 e. The van der Waals surface area contributed by atoms with Crippen molar-refractivity contribution in [1.29, 1.82) is 0 Å². The van der Waals surface area contributed by atoms with Crippen LogP contribution in [0.5, 0.6) is 0 Å². The zero-order chi connectivity index (χ0) is 18.9. The minimum absolute atomic E-state index is 0.171. The van der Waals surface area contributed by atoms with Gasteiger partial charge in [-0.25, -0.2) is 4.98 Å². The molecule has 1 heterocycles. The first-order valence-electron chi connectivity index (χ1n) is 8.37. The molecule has 0 aliphatic rings. The SMILES string of the molecule is O=C(CNC(=O)c1ccc(Sc2ccccn2)cc1)OCc1ccccc1. The standard InChI is InChI=1S/C21H18N2O3S/c24-20(26-15-16-6-2-1-3-7-16)14-23-21(25)17-9-11-18(12-10-17)27-19-8-4-5-13-22-19/h1-13H,14-15H2,(H,23,25). The first kappa shape index (κ1) is 18.7. The van der Waals surface area contributed by atoms with Gasteiger partial charge in [-0.15, -0.1) is 0 Å². The summed E-state index contributed by atoms with van der Waals surface area (Å²) in [7, 11) is 0.